The summed E-state index contributed by atoms with van der Waals surface area (Å²) in [4.78, 5) is 4.97. The van der Waals surface area contributed by atoms with Crippen LogP contribution in [0.3, 0.4) is 0 Å². The molecule has 1 unspecified atom stereocenters. The minimum absolute atomic E-state index is 0.451. The molecule has 2 aliphatic rings. The number of likely N-dealkylation sites (tertiary alicyclic amines) is 1. The van der Waals surface area contributed by atoms with Gasteiger partial charge in [-0.05, 0) is 27.1 Å². The van der Waals surface area contributed by atoms with Crippen LogP contribution < -0.4 is 5.32 Å². The topological polar surface area (TPSA) is 18.5 Å². The van der Waals surface area contributed by atoms with Gasteiger partial charge in [-0.15, -0.1) is 0 Å². The fourth-order valence-electron chi connectivity index (χ4n) is 2.46. The standard InChI is InChI=1S/C9H19N3/c1-11-5-3-9(8-11)7-10-4-6-12(9)2/h10H,3-8H2,1-2H3. The van der Waals surface area contributed by atoms with E-state index in [1.54, 1.807) is 0 Å². The van der Waals surface area contributed by atoms with E-state index < -0.39 is 0 Å². The SMILES string of the molecule is CN1CCC2(CNCCN2C)C1. The van der Waals surface area contributed by atoms with Gasteiger partial charge in [-0.1, -0.05) is 0 Å². The number of nitrogens with zero attached hydrogens (tertiary/aromatic N) is 2. The van der Waals surface area contributed by atoms with Gasteiger partial charge in [0.15, 0.2) is 0 Å². The predicted octanol–water partition coefficient (Wildman–Crippen LogP) is -0.404. The average molecular weight is 169 g/mol. The van der Waals surface area contributed by atoms with Crippen molar-refractivity contribution < 1.29 is 0 Å². The molecule has 1 spiro atoms. The van der Waals surface area contributed by atoms with Gasteiger partial charge in [0.2, 0.25) is 0 Å². The predicted molar refractivity (Wildman–Crippen MR) is 50.3 cm³/mol. The fourth-order valence-corrected chi connectivity index (χ4v) is 2.46. The molecule has 2 saturated heterocycles. The summed E-state index contributed by atoms with van der Waals surface area (Å²) in [5.41, 5.74) is 0.451. The van der Waals surface area contributed by atoms with Crippen molar-refractivity contribution in [1.29, 1.82) is 0 Å². The van der Waals surface area contributed by atoms with Gasteiger partial charge in [0.1, 0.15) is 0 Å². The first-order chi connectivity index (χ1) is 5.73. The molecule has 0 aromatic heterocycles. The second-order valence-electron chi connectivity index (χ2n) is 4.31. The quantitative estimate of drug-likeness (QED) is 0.532. The Morgan fingerprint density at radius 2 is 2.08 bits per heavy atom. The fraction of sp³-hybridized carbons (Fsp3) is 1.00. The summed E-state index contributed by atoms with van der Waals surface area (Å²) < 4.78 is 0. The molecule has 0 aromatic carbocycles. The van der Waals surface area contributed by atoms with Crippen molar-refractivity contribution in [2.45, 2.75) is 12.0 Å². The first-order valence-electron chi connectivity index (χ1n) is 4.83. The highest BCUT2D eigenvalue weighted by Crippen LogP contribution is 2.26. The molecule has 0 aromatic rings. The maximum atomic E-state index is 3.50. The van der Waals surface area contributed by atoms with E-state index in [0.717, 1.165) is 6.54 Å². The summed E-state index contributed by atoms with van der Waals surface area (Å²) in [7, 11) is 4.48. The van der Waals surface area contributed by atoms with Crippen molar-refractivity contribution >= 4 is 0 Å². The second kappa shape index (κ2) is 2.98. The molecule has 0 radical (unpaired) electrons. The van der Waals surface area contributed by atoms with Crippen molar-refractivity contribution in [2.75, 3.05) is 46.8 Å². The third kappa shape index (κ3) is 1.26. The zero-order valence-electron chi connectivity index (χ0n) is 8.14. The van der Waals surface area contributed by atoms with Crippen molar-refractivity contribution in [3.05, 3.63) is 0 Å². The summed E-state index contributed by atoms with van der Waals surface area (Å²) in [6.45, 7) is 6.02. The van der Waals surface area contributed by atoms with E-state index in [4.69, 9.17) is 0 Å². The Balaban J connectivity index is 2.07. The normalized spacial score (nSPS) is 39.5. The highest BCUT2D eigenvalue weighted by atomic mass is 15.3. The number of hydrogen-bond acceptors (Lipinski definition) is 3. The zero-order valence-corrected chi connectivity index (χ0v) is 8.14. The summed E-state index contributed by atoms with van der Waals surface area (Å²) >= 11 is 0. The Kier molecular flexibility index (Phi) is 2.10. The molecule has 3 nitrogen and oxygen atoms in total. The van der Waals surface area contributed by atoms with Crippen LogP contribution in [0.15, 0.2) is 0 Å². The molecule has 70 valence electrons. The lowest BCUT2D eigenvalue weighted by Gasteiger charge is -2.42. The molecule has 2 rings (SSSR count). The Morgan fingerprint density at radius 1 is 1.25 bits per heavy atom. The minimum atomic E-state index is 0.451. The maximum Gasteiger partial charge on any atom is 0.0470 e. The summed E-state index contributed by atoms with van der Waals surface area (Å²) in [5.74, 6) is 0. The van der Waals surface area contributed by atoms with E-state index in [1.807, 2.05) is 0 Å². The first-order valence-corrected chi connectivity index (χ1v) is 4.83. The van der Waals surface area contributed by atoms with Crippen LogP contribution in [-0.2, 0) is 0 Å². The number of hydrogen-bond donors (Lipinski definition) is 1. The number of nitrogens with one attached hydrogen (secondary N) is 1. The number of piperazine rings is 1. The van der Waals surface area contributed by atoms with Crippen molar-refractivity contribution in [1.82, 2.24) is 15.1 Å². The van der Waals surface area contributed by atoms with E-state index >= 15 is 0 Å². The molecule has 0 amide bonds. The van der Waals surface area contributed by atoms with Crippen molar-refractivity contribution in [2.24, 2.45) is 0 Å². The van der Waals surface area contributed by atoms with Gasteiger partial charge in [-0.3, -0.25) is 4.90 Å². The first kappa shape index (κ1) is 8.48. The lowest BCUT2D eigenvalue weighted by molar-refractivity contribution is 0.0964. The van der Waals surface area contributed by atoms with Gasteiger partial charge in [0.05, 0.1) is 0 Å². The smallest absolute Gasteiger partial charge is 0.0470 e. The molecule has 2 heterocycles. The average Bonchev–Trinajstić information content (AvgIpc) is 2.41. The molecule has 0 aliphatic carbocycles. The number of likely N-dealkylation sites (N-methyl/N-ethyl adjacent to an activating group) is 2. The van der Waals surface area contributed by atoms with Crippen LogP contribution in [0, 0.1) is 0 Å². The molecule has 0 bridgehead atoms. The van der Waals surface area contributed by atoms with Gasteiger partial charge in [0, 0.05) is 31.7 Å². The summed E-state index contributed by atoms with van der Waals surface area (Å²) in [5, 5.41) is 3.50. The van der Waals surface area contributed by atoms with Crippen LogP contribution in [0.25, 0.3) is 0 Å². The Hall–Kier alpha value is -0.120. The van der Waals surface area contributed by atoms with E-state index in [0.29, 0.717) is 5.54 Å². The molecular weight excluding hydrogens is 150 g/mol. The molecular formula is C9H19N3. The molecule has 1 N–H and O–H groups in total. The molecule has 2 aliphatic heterocycles. The Labute approximate surface area is 74.7 Å². The van der Waals surface area contributed by atoms with Crippen LogP contribution in [0.2, 0.25) is 0 Å². The summed E-state index contributed by atoms with van der Waals surface area (Å²) in [6, 6.07) is 0. The number of rotatable bonds is 0. The minimum Gasteiger partial charge on any atom is -0.314 e. The van der Waals surface area contributed by atoms with E-state index in [1.165, 1.54) is 32.6 Å². The highest BCUT2D eigenvalue weighted by Gasteiger charge is 2.41. The van der Waals surface area contributed by atoms with E-state index in [-0.39, 0.29) is 0 Å². The molecule has 12 heavy (non-hydrogen) atoms. The van der Waals surface area contributed by atoms with Crippen molar-refractivity contribution in [3.8, 4) is 0 Å². The van der Waals surface area contributed by atoms with Crippen LogP contribution in [0.5, 0.6) is 0 Å². The Bertz CT molecular complexity index is 167. The summed E-state index contributed by atoms with van der Waals surface area (Å²) in [6.07, 6.45) is 1.33. The van der Waals surface area contributed by atoms with Crippen LogP contribution in [0.4, 0.5) is 0 Å². The van der Waals surface area contributed by atoms with E-state index in [2.05, 4.69) is 29.2 Å². The largest absolute Gasteiger partial charge is 0.314 e. The van der Waals surface area contributed by atoms with Crippen molar-refractivity contribution in [3.63, 3.8) is 0 Å². The second-order valence-corrected chi connectivity index (χ2v) is 4.31. The molecule has 1 atom stereocenters. The van der Waals surface area contributed by atoms with Crippen LogP contribution in [-0.4, -0.2) is 62.2 Å². The zero-order chi connectivity index (χ0) is 8.60. The molecule has 3 heteroatoms. The molecule has 0 saturated carbocycles. The van der Waals surface area contributed by atoms with Gasteiger partial charge in [-0.25, -0.2) is 0 Å². The van der Waals surface area contributed by atoms with E-state index in [9.17, 15) is 0 Å². The molecule has 2 fully saturated rings. The monoisotopic (exact) mass is 169 g/mol. The lowest BCUT2D eigenvalue weighted by atomic mass is 9.94. The van der Waals surface area contributed by atoms with Gasteiger partial charge >= 0.3 is 0 Å². The van der Waals surface area contributed by atoms with Gasteiger partial charge in [-0.2, -0.15) is 0 Å². The van der Waals surface area contributed by atoms with Gasteiger partial charge < -0.3 is 10.2 Å². The maximum absolute atomic E-state index is 3.50. The van der Waals surface area contributed by atoms with Crippen LogP contribution in [0.1, 0.15) is 6.42 Å². The Morgan fingerprint density at radius 3 is 2.67 bits per heavy atom. The van der Waals surface area contributed by atoms with Crippen LogP contribution >= 0.6 is 0 Å². The third-order valence-corrected chi connectivity index (χ3v) is 3.41. The third-order valence-electron chi connectivity index (χ3n) is 3.41. The lowest BCUT2D eigenvalue weighted by Crippen LogP contribution is -2.60. The highest BCUT2D eigenvalue weighted by molar-refractivity contribution is 5.01. The van der Waals surface area contributed by atoms with Gasteiger partial charge in [0.25, 0.3) is 0 Å².